The highest BCUT2D eigenvalue weighted by Gasteiger charge is 2.26. The van der Waals surface area contributed by atoms with Crippen LogP contribution in [-0.2, 0) is 21.4 Å². The average molecular weight is 449 g/mol. The minimum atomic E-state index is -3.66. The molecular formula is C20H24N4O4S2. The van der Waals surface area contributed by atoms with E-state index in [0.717, 1.165) is 26.6 Å². The second-order valence-corrected chi connectivity index (χ2v) is 9.74. The van der Waals surface area contributed by atoms with Gasteiger partial charge in [-0.15, -0.1) is 11.3 Å². The van der Waals surface area contributed by atoms with Crippen LogP contribution in [0.3, 0.4) is 0 Å². The predicted molar refractivity (Wildman–Crippen MR) is 117 cm³/mol. The quantitative estimate of drug-likeness (QED) is 0.525. The standard InChI is InChI=1S/C20H24N4O4S2/c1-5-23(12-18-21-20(22-28-18)17-10-7-11-29-17)19(25)13-24(30(4,26)27)16-9-6-8-14(2)15(16)3/h6-11H,5,12-13H2,1-4H3. The number of anilines is 1. The number of aromatic nitrogens is 2. The van der Waals surface area contributed by atoms with Crippen molar-refractivity contribution in [1.29, 1.82) is 0 Å². The minimum absolute atomic E-state index is 0.109. The van der Waals surface area contributed by atoms with Gasteiger partial charge in [0.25, 0.3) is 0 Å². The maximum absolute atomic E-state index is 13.0. The molecule has 0 aliphatic rings. The van der Waals surface area contributed by atoms with Crippen LogP contribution in [-0.4, -0.2) is 48.7 Å². The number of rotatable bonds is 8. The van der Waals surface area contributed by atoms with E-state index in [4.69, 9.17) is 4.52 Å². The third-order valence-corrected chi connectivity index (χ3v) is 6.79. The van der Waals surface area contributed by atoms with Crippen molar-refractivity contribution in [3.63, 3.8) is 0 Å². The van der Waals surface area contributed by atoms with Crippen LogP contribution in [0.25, 0.3) is 10.7 Å². The number of benzene rings is 1. The van der Waals surface area contributed by atoms with E-state index in [9.17, 15) is 13.2 Å². The summed E-state index contributed by atoms with van der Waals surface area (Å²) >= 11 is 1.49. The lowest BCUT2D eigenvalue weighted by molar-refractivity contribution is -0.130. The lowest BCUT2D eigenvalue weighted by Crippen LogP contribution is -2.42. The Morgan fingerprint density at radius 1 is 1.20 bits per heavy atom. The van der Waals surface area contributed by atoms with Gasteiger partial charge in [-0.05, 0) is 49.4 Å². The highest BCUT2D eigenvalue weighted by atomic mass is 32.2. The second-order valence-electron chi connectivity index (χ2n) is 6.89. The van der Waals surface area contributed by atoms with Crippen molar-refractivity contribution in [1.82, 2.24) is 15.0 Å². The van der Waals surface area contributed by atoms with E-state index in [2.05, 4.69) is 10.1 Å². The minimum Gasteiger partial charge on any atom is -0.337 e. The van der Waals surface area contributed by atoms with Crippen LogP contribution >= 0.6 is 11.3 Å². The molecule has 0 radical (unpaired) electrons. The monoisotopic (exact) mass is 448 g/mol. The van der Waals surface area contributed by atoms with Gasteiger partial charge in [-0.3, -0.25) is 9.10 Å². The lowest BCUT2D eigenvalue weighted by Gasteiger charge is -2.27. The molecule has 0 aliphatic carbocycles. The summed E-state index contributed by atoms with van der Waals surface area (Å²) in [6, 6.07) is 9.17. The number of carbonyl (C=O) groups excluding carboxylic acids is 1. The van der Waals surface area contributed by atoms with E-state index in [-0.39, 0.29) is 19.0 Å². The summed E-state index contributed by atoms with van der Waals surface area (Å²) in [5.41, 5.74) is 2.27. The van der Waals surface area contributed by atoms with Crippen LogP contribution in [0.2, 0.25) is 0 Å². The van der Waals surface area contributed by atoms with E-state index in [1.54, 1.807) is 12.1 Å². The molecule has 1 aromatic carbocycles. The lowest BCUT2D eigenvalue weighted by atomic mass is 10.1. The van der Waals surface area contributed by atoms with Crippen LogP contribution in [0.4, 0.5) is 5.69 Å². The first-order valence-electron chi connectivity index (χ1n) is 9.39. The largest absolute Gasteiger partial charge is 0.337 e. The number of amides is 1. The Morgan fingerprint density at radius 3 is 2.60 bits per heavy atom. The molecule has 2 heterocycles. The van der Waals surface area contributed by atoms with Crippen LogP contribution in [0.5, 0.6) is 0 Å². The molecule has 1 amide bonds. The van der Waals surface area contributed by atoms with E-state index in [1.807, 2.05) is 44.4 Å². The number of thiophene rings is 1. The molecule has 3 rings (SSSR count). The van der Waals surface area contributed by atoms with Gasteiger partial charge in [0.1, 0.15) is 13.1 Å². The number of sulfonamides is 1. The number of nitrogens with zero attached hydrogens (tertiary/aromatic N) is 4. The van der Waals surface area contributed by atoms with Crippen LogP contribution < -0.4 is 4.31 Å². The SMILES string of the molecule is CCN(Cc1nc(-c2cccs2)no1)C(=O)CN(c1cccc(C)c1C)S(C)(=O)=O. The van der Waals surface area contributed by atoms with E-state index in [1.165, 1.54) is 16.2 Å². The van der Waals surface area contributed by atoms with Crippen molar-refractivity contribution in [3.05, 3.63) is 52.7 Å². The fourth-order valence-electron chi connectivity index (χ4n) is 2.97. The van der Waals surface area contributed by atoms with Gasteiger partial charge in [-0.2, -0.15) is 4.98 Å². The van der Waals surface area contributed by atoms with Crippen LogP contribution in [0, 0.1) is 13.8 Å². The second kappa shape index (κ2) is 8.97. The van der Waals surface area contributed by atoms with Crippen LogP contribution in [0.1, 0.15) is 23.9 Å². The zero-order valence-electron chi connectivity index (χ0n) is 17.3. The molecule has 0 bridgehead atoms. The van der Waals surface area contributed by atoms with E-state index >= 15 is 0 Å². The third kappa shape index (κ3) is 4.88. The first kappa shape index (κ1) is 22.0. The Bertz CT molecular complexity index is 1120. The molecule has 0 atom stereocenters. The summed E-state index contributed by atoms with van der Waals surface area (Å²) in [5, 5.41) is 5.87. The Kier molecular flexibility index (Phi) is 6.57. The molecule has 0 fully saturated rings. The Morgan fingerprint density at radius 2 is 1.97 bits per heavy atom. The maximum atomic E-state index is 13.0. The molecule has 10 heteroatoms. The fraction of sp³-hybridized carbons (Fsp3) is 0.350. The summed E-state index contributed by atoms with van der Waals surface area (Å²) in [7, 11) is -3.66. The van der Waals surface area contributed by atoms with Crippen molar-refractivity contribution in [2.75, 3.05) is 23.7 Å². The van der Waals surface area contributed by atoms with Gasteiger partial charge in [-0.1, -0.05) is 23.4 Å². The average Bonchev–Trinajstić information content (AvgIpc) is 3.37. The van der Waals surface area contributed by atoms with Crippen molar-refractivity contribution >= 4 is 33.0 Å². The molecule has 160 valence electrons. The number of aryl methyl sites for hydroxylation is 1. The number of likely N-dealkylation sites (N-methyl/N-ethyl adjacent to an activating group) is 1. The topological polar surface area (TPSA) is 96.6 Å². The number of hydrogen-bond acceptors (Lipinski definition) is 7. The van der Waals surface area contributed by atoms with Gasteiger partial charge in [-0.25, -0.2) is 8.42 Å². The molecule has 8 nitrogen and oxygen atoms in total. The highest BCUT2D eigenvalue weighted by molar-refractivity contribution is 7.92. The summed E-state index contributed by atoms with van der Waals surface area (Å²) in [6.45, 7) is 5.74. The van der Waals surface area contributed by atoms with Gasteiger partial charge < -0.3 is 9.42 Å². The molecule has 2 aromatic heterocycles. The Balaban J connectivity index is 1.79. The first-order valence-corrected chi connectivity index (χ1v) is 12.1. The summed E-state index contributed by atoms with van der Waals surface area (Å²) < 4.78 is 31.3. The molecule has 0 spiro atoms. The molecule has 0 aliphatic heterocycles. The molecule has 0 saturated heterocycles. The smallest absolute Gasteiger partial charge is 0.246 e. The third-order valence-electron chi connectivity index (χ3n) is 4.79. The summed E-state index contributed by atoms with van der Waals surface area (Å²) in [4.78, 5) is 19.7. The molecular weight excluding hydrogens is 424 g/mol. The zero-order chi connectivity index (χ0) is 21.9. The number of hydrogen-bond donors (Lipinski definition) is 0. The van der Waals surface area contributed by atoms with Gasteiger partial charge in [0.15, 0.2) is 0 Å². The van der Waals surface area contributed by atoms with Gasteiger partial charge >= 0.3 is 0 Å². The zero-order valence-corrected chi connectivity index (χ0v) is 19.0. The van der Waals surface area contributed by atoms with Crippen molar-refractivity contribution in [2.24, 2.45) is 0 Å². The van der Waals surface area contributed by atoms with Crippen molar-refractivity contribution in [3.8, 4) is 10.7 Å². The fourth-order valence-corrected chi connectivity index (χ4v) is 4.52. The highest BCUT2D eigenvalue weighted by Crippen LogP contribution is 2.25. The van der Waals surface area contributed by atoms with E-state index in [0.29, 0.717) is 23.9 Å². The Labute approximate surface area is 180 Å². The molecule has 3 aromatic rings. The molecule has 0 saturated carbocycles. The van der Waals surface area contributed by atoms with Crippen molar-refractivity contribution < 1.29 is 17.7 Å². The molecule has 30 heavy (non-hydrogen) atoms. The van der Waals surface area contributed by atoms with Crippen LogP contribution in [0.15, 0.2) is 40.2 Å². The van der Waals surface area contributed by atoms with Gasteiger partial charge in [0.2, 0.25) is 27.6 Å². The molecule has 0 N–H and O–H groups in total. The van der Waals surface area contributed by atoms with E-state index < -0.39 is 10.0 Å². The maximum Gasteiger partial charge on any atom is 0.246 e. The van der Waals surface area contributed by atoms with Gasteiger partial charge in [0.05, 0.1) is 16.8 Å². The normalized spacial score (nSPS) is 11.5. The summed E-state index contributed by atoms with van der Waals surface area (Å²) in [5.74, 6) is 0.419. The Hall–Kier alpha value is -2.72. The van der Waals surface area contributed by atoms with Crippen molar-refractivity contribution in [2.45, 2.75) is 27.3 Å². The number of carbonyl (C=O) groups is 1. The predicted octanol–water partition coefficient (Wildman–Crippen LogP) is 3.23. The van der Waals surface area contributed by atoms with Gasteiger partial charge in [0, 0.05) is 6.54 Å². The molecule has 0 unspecified atom stereocenters. The first-order chi connectivity index (χ1) is 14.2. The summed E-state index contributed by atoms with van der Waals surface area (Å²) in [6.07, 6.45) is 1.10.